The van der Waals surface area contributed by atoms with Crippen LogP contribution in [0.3, 0.4) is 0 Å². The Morgan fingerprint density at radius 2 is 1.72 bits per heavy atom. The lowest BCUT2D eigenvalue weighted by molar-refractivity contribution is -0.139. The maximum absolute atomic E-state index is 12.1. The average molecular weight is 537 g/mol. The summed E-state index contributed by atoms with van der Waals surface area (Å²) in [5.41, 5.74) is 4.78. The number of hydrogen-bond acceptors (Lipinski definition) is 7. The largest absolute Gasteiger partial charge is 0.380 e. The van der Waals surface area contributed by atoms with Crippen molar-refractivity contribution in [3.05, 3.63) is 35.4 Å². The second kappa shape index (κ2) is 14.1. The summed E-state index contributed by atoms with van der Waals surface area (Å²) in [6, 6.07) is 8.77. The molecule has 1 aromatic carbocycles. The molecule has 1 aromatic rings. The number of ether oxygens (including phenoxy) is 1. The monoisotopic (exact) mass is 536 g/mol. The fraction of sp³-hybridized carbons (Fsp3) is 0.645. The number of fused-ring (bicyclic) bond motifs is 1. The fourth-order valence-electron chi connectivity index (χ4n) is 5.99. The van der Waals surface area contributed by atoms with Gasteiger partial charge in [-0.1, -0.05) is 56.9 Å². The van der Waals surface area contributed by atoms with Gasteiger partial charge in [-0.05, 0) is 37.9 Å². The van der Waals surface area contributed by atoms with Gasteiger partial charge in [-0.15, -0.1) is 0 Å². The van der Waals surface area contributed by atoms with E-state index in [0.717, 1.165) is 18.8 Å². The van der Waals surface area contributed by atoms with Crippen LogP contribution in [0.1, 0.15) is 82.8 Å². The van der Waals surface area contributed by atoms with Crippen molar-refractivity contribution >= 4 is 29.0 Å². The molecule has 2 amide bonds. The van der Waals surface area contributed by atoms with Crippen LogP contribution in [0.4, 0.5) is 0 Å². The van der Waals surface area contributed by atoms with E-state index in [9.17, 15) is 14.4 Å². The molecule has 39 heavy (non-hydrogen) atoms. The molecule has 0 N–H and O–H groups in total. The maximum atomic E-state index is 12.1. The summed E-state index contributed by atoms with van der Waals surface area (Å²) in [5.74, 6) is 0.408. The van der Waals surface area contributed by atoms with Crippen molar-refractivity contribution in [1.29, 1.82) is 0 Å². The number of rotatable bonds is 12. The van der Waals surface area contributed by atoms with Crippen molar-refractivity contribution in [2.45, 2.75) is 78.2 Å². The number of amides is 2. The number of likely N-dealkylation sites (N-methyl/N-ethyl adjacent to an activating group) is 1. The van der Waals surface area contributed by atoms with Gasteiger partial charge in [0.05, 0.1) is 18.9 Å². The van der Waals surface area contributed by atoms with E-state index in [4.69, 9.17) is 4.74 Å². The van der Waals surface area contributed by atoms with Crippen LogP contribution in [0.25, 0.3) is 0 Å². The van der Waals surface area contributed by atoms with Crippen molar-refractivity contribution < 1.29 is 19.1 Å². The molecule has 0 bridgehead atoms. The number of imide groups is 1. The Morgan fingerprint density at radius 1 is 1.00 bits per heavy atom. The predicted octanol–water partition coefficient (Wildman–Crippen LogP) is 4.64. The summed E-state index contributed by atoms with van der Waals surface area (Å²) in [6.45, 7) is 6.54. The third kappa shape index (κ3) is 7.92. The summed E-state index contributed by atoms with van der Waals surface area (Å²) < 4.78 is 5.68. The maximum Gasteiger partial charge on any atom is 0.232 e. The number of nitrogens with zero attached hydrogens (tertiary/aromatic N) is 4. The molecule has 0 spiro atoms. The molecule has 2 aliphatic heterocycles. The van der Waals surface area contributed by atoms with Crippen LogP contribution in [0.2, 0.25) is 0 Å². The second-order valence-corrected chi connectivity index (χ2v) is 11.5. The van der Waals surface area contributed by atoms with Gasteiger partial charge in [0.25, 0.3) is 0 Å². The average Bonchev–Trinajstić information content (AvgIpc) is 3.14. The first kappa shape index (κ1) is 29.3. The quantitative estimate of drug-likeness (QED) is 0.287. The standard InChI is InChI=1S/C31H44N4O4/c1-22-20-29(37)35(31(22)38)16-14-26(36)15-18-39-19-17-34(3)21-24-10-12-25(13-11-24)30-28-9-7-5-4-6-8-27(28)23(2)32-33-30/h10-13,22,27-28H,4-9,14-21H2,1-3H3. The van der Waals surface area contributed by atoms with E-state index < -0.39 is 0 Å². The van der Waals surface area contributed by atoms with Crippen LogP contribution in [0, 0.1) is 17.8 Å². The van der Waals surface area contributed by atoms with E-state index in [0.29, 0.717) is 31.5 Å². The number of benzene rings is 1. The van der Waals surface area contributed by atoms with Gasteiger partial charge in [0.2, 0.25) is 11.8 Å². The van der Waals surface area contributed by atoms with E-state index in [1.165, 1.54) is 60.3 Å². The number of Topliss-reactive ketones (excluding diaryl/α,β-unsaturated/α-hetero) is 1. The van der Waals surface area contributed by atoms with Gasteiger partial charge in [0.1, 0.15) is 5.78 Å². The zero-order chi connectivity index (χ0) is 27.8. The van der Waals surface area contributed by atoms with Crippen molar-refractivity contribution in [2.24, 2.45) is 28.0 Å². The first-order chi connectivity index (χ1) is 18.8. The molecule has 1 aliphatic carbocycles. The Balaban J connectivity index is 1.15. The number of likely N-dealkylation sites (tertiary alicyclic amines) is 1. The SMILES string of the molecule is CC1=NN=C(c2ccc(CN(C)CCOCCC(=O)CCN3C(=O)CC(C)C3=O)cc2)C2CCCCCCC12. The number of carbonyl (C=O) groups is 3. The summed E-state index contributed by atoms with van der Waals surface area (Å²) in [5, 5.41) is 9.20. The van der Waals surface area contributed by atoms with Gasteiger partial charge in [-0.3, -0.25) is 24.2 Å². The molecule has 3 unspecified atom stereocenters. The lowest BCUT2D eigenvalue weighted by atomic mass is 9.74. The molecular formula is C31H44N4O4. The number of carbonyl (C=O) groups excluding carboxylic acids is 3. The molecule has 3 aliphatic rings. The number of hydrogen-bond donors (Lipinski definition) is 0. The third-order valence-electron chi connectivity index (χ3n) is 8.40. The topological polar surface area (TPSA) is 91.6 Å². The first-order valence-corrected chi connectivity index (χ1v) is 14.7. The molecule has 8 heteroatoms. The molecule has 0 radical (unpaired) electrons. The molecule has 4 rings (SSSR count). The van der Waals surface area contributed by atoms with Gasteiger partial charge in [-0.2, -0.15) is 10.2 Å². The minimum Gasteiger partial charge on any atom is -0.380 e. The van der Waals surface area contributed by atoms with Crippen molar-refractivity contribution in [3.63, 3.8) is 0 Å². The van der Waals surface area contributed by atoms with E-state index >= 15 is 0 Å². The molecule has 3 atom stereocenters. The fourth-order valence-corrected chi connectivity index (χ4v) is 5.99. The van der Waals surface area contributed by atoms with Crippen LogP contribution in [0.5, 0.6) is 0 Å². The van der Waals surface area contributed by atoms with Crippen LogP contribution >= 0.6 is 0 Å². The highest BCUT2D eigenvalue weighted by Gasteiger charge is 2.35. The third-order valence-corrected chi connectivity index (χ3v) is 8.40. The Morgan fingerprint density at radius 3 is 2.41 bits per heavy atom. The van der Waals surface area contributed by atoms with Crippen molar-refractivity contribution in [3.8, 4) is 0 Å². The van der Waals surface area contributed by atoms with Crippen LogP contribution in [0.15, 0.2) is 34.5 Å². The molecule has 1 saturated heterocycles. The summed E-state index contributed by atoms with van der Waals surface area (Å²) >= 11 is 0. The van der Waals surface area contributed by atoms with E-state index in [1.54, 1.807) is 6.92 Å². The normalized spacial score (nSPS) is 23.8. The Bertz CT molecular complexity index is 1080. The van der Waals surface area contributed by atoms with Gasteiger partial charge >= 0.3 is 0 Å². The zero-order valence-electron chi connectivity index (χ0n) is 23.9. The van der Waals surface area contributed by atoms with Crippen molar-refractivity contribution in [2.75, 3.05) is 33.4 Å². The molecule has 2 heterocycles. The van der Waals surface area contributed by atoms with Crippen LogP contribution in [-0.2, 0) is 25.7 Å². The minimum absolute atomic E-state index is 0.0118. The van der Waals surface area contributed by atoms with E-state index in [2.05, 4.69) is 53.3 Å². The first-order valence-electron chi connectivity index (χ1n) is 14.7. The molecule has 2 fully saturated rings. The minimum atomic E-state index is -0.269. The molecule has 212 valence electrons. The molecular weight excluding hydrogens is 492 g/mol. The molecule has 8 nitrogen and oxygen atoms in total. The van der Waals surface area contributed by atoms with Gasteiger partial charge in [0.15, 0.2) is 0 Å². The highest BCUT2D eigenvalue weighted by molar-refractivity contribution is 6.07. The smallest absolute Gasteiger partial charge is 0.232 e. The molecule has 1 saturated carbocycles. The van der Waals surface area contributed by atoms with Crippen LogP contribution < -0.4 is 0 Å². The highest BCUT2D eigenvalue weighted by atomic mass is 16.5. The van der Waals surface area contributed by atoms with Gasteiger partial charge in [0, 0.05) is 62.4 Å². The summed E-state index contributed by atoms with van der Waals surface area (Å²) in [6.07, 6.45) is 8.37. The zero-order valence-corrected chi connectivity index (χ0v) is 23.9. The lowest BCUT2D eigenvalue weighted by Gasteiger charge is -2.32. The highest BCUT2D eigenvalue weighted by Crippen LogP contribution is 2.34. The Labute approximate surface area is 232 Å². The van der Waals surface area contributed by atoms with Crippen LogP contribution in [-0.4, -0.2) is 72.2 Å². The predicted molar refractivity (Wildman–Crippen MR) is 153 cm³/mol. The second-order valence-electron chi connectivity index (χ2n) is 11.5. The number of ketones is 1. The summed E-state index contributed by atoms with van der Waals surface area (Å²) in [7, 11) is 2.06. The summed E-state index contributed by atoms with van der Waals surface area (Å²) in [4.78, 5) is 39.4. The van der Waals surface area contributed by atoms with E-state index in [1.807, 2.05) is 0 Å². The molecule has 0 aromatic heterocycles. The van der Waals surface area contributed by atoms with Crippen molar-refractivity contribution in [1.82, 2.24) is 9.80 Å². The van der Waals surface area contributed by atoms with E-state index in [-0.39, 0.29) is 42.9 Å². The Hall–Kier alpha value is -2.71. The lowest BCUT2D eigenvalue weighted by Crippen LogP contribution is -2.33. The van der Waals surface area contributed by atoms with Gasteiger partial charge < -0.3 is 4.74 Å². The Kier molecular flexibility index (Phi) is 10.6. The van der Waals surface area contributed by atoms with Gasteiger partial charge in [-0.25, -0.2) is 0 Å².